The van der Waals surface area contributed by atoms with E-state index in [1.807, 2.05) is 27.7 Å². The quantitative estimate of drug-likeness (QED) is 0.667. The largest absolute Gasteiger partial charge is 0.341 e. The predicted octanol–water partition coefficient (Wildman–Crippen LogP) is 4.42. The standard InChI is InChI=1S/C19H18Cl2N4O/c20-14-7-6-13(11-15(14)21)18-23-16-5-4-8-22-19(16)25(18)12-17(26)24-9-2-1-3-10-24/h4-8,11H,1-3,9-10,12H2. The number of carbonyl (C=O) groups is 1. The average Bonchev–Trinajstić information content (AvgIpc) is 3.03. The molecule has 1 aromatic carbocycles. The topological polar surface area (TPSA) is 51.0 Å². The Morgan fingerprint density at radius 1 is 1.08 bits per heavy atom. The van der Waals surface area contributed by atoms with Gasteiger partial charge < -0.3 is 4.90 Å². The van der Waals surface area contributed by atoms with E-state index >= 15 is 0 Å². The van der Waals surface area contributed by atoms with Crippen molar-refractivity contribution in [2.75, 3.05) is 13.1 Å². The van der Waals surface area contributed by atoms with Gasteiger partial charge in [-0.15, -0.1) is 0 Å². The Hall–Kier alpha value is -2.11. The molecule has 3 aromatic rings. The number of fused-ring (bicyclic) bond motifs is 1. The highest BCUT2D eigenvalue weighted by molar-refractivity contribution is 6.42. The molecule has 0 spiro atoms. The summed E-state index contributed by atoms with van der Waals surface area (Å²) in [4.78, 5) is 23.9. The van der Waals surface area contributed by atoms with E-state index in [2.05, 4.69) is 9.97 Å². The van der Waals surface area contributed by atoms with Crippen molar-refractivity contribution in [3.63, 3.8) is 0 Å². The molecule has 0 N–H and O–H groups in total. The predicted molar refractivity (Wildman–Crippen MR) is 103 cm³/mol. The second-order valence-corrected chi connectivity index (χ2v) is 7.25. The molecule has 0 atom stereocenters. The van der Waals surface area contributed by atoms with E-state index in [9.17, 15) is 4.79 Å². The van der Waals surface area contributed by atoms with Crippen LogP contribution in [-0.2, 0) is 11.3 Å². The zero-order chi connectivity index (χ0) is 18.1. The Bertz CT molecular complexity index is 963. The Kier molecular flexibility index (Phi) is 4.83. The van der Waals surface area contributed by atoms with Crippen molar-refractivity contribution in [2.45, 2.75) is 25.8 Å². The van der Waals surface area contributed by atoms with Crippen LogP contribution >= 0.6 is 23.2 Å². The van der Waals surface area contributed by atoms with Crippen LogP contribution in [0.5, 0.6) is 0 Å². The minimum Gasteiger partial charge on any atom is -0.341 e. The maximum Gasteiger partial charge on any atom is 0.242 e. The first kappa shape index (κ1) is 17.3. The fourth-order valence-corrected chi connectivity index (χ4v) is 3.64. The van der Waals surface area contributed by atoms with Crippen LogP contribution in [0, 0.1) is 0 Å². The maximum absolute atomic E-state index is 12.8. The highest BCUT2D eigenvalue weighted by atomic mass is 35.5. The van der Waals surface area contributed by atoms with Crippen LogP contribution in [0.25, 0.3) is 22.6 Å². The van der Waals surface area contributed by atoms with E-state index < -0.39 is 0 Å². The summed E-state index contributed by atoms with van der Waals surface area (Å²) >= 11 is 12.2. The molecule has 0 unspecified atom stereocenters. The van der Waals surface area contributed by atoms with Gasteiger partial charge in [-0.1, -0.05) is 23.2 Å². The average molecular weight is 389 g/mol. The zero-order valence-corrected chi connectivity index (χ0v) is 15.7. The van der Waals surface area contributed by atoms with E-state index in [-0.39, 0.29) is 12.5 Å². The molecule has 134 valence electrons. The Labute approximate surface area is 161 Å². The van der Waals surface area contributed by atoms with Gasteiger partial charge in [0.25, 0.3) is 0 Å². The lowest BCUT2D eigenvalue weighted by Gasteiger charge is -2.27. The molecule has 26 heavy (non-hydrogen) atoms. The van der Waals surface area contributed by atoms with Crippen molar-refractivity contribution in [2.24, 2.45) is 0 Å². The third-order valence-corrected chi connectivity index (χ3v) is 5.42. The van der Waals surface area contributed by atoms with E-state index in [4.69, 9.17) is 23.2 Å². The van der Waals surface area contributed by atoms with Gasteiger partial charge in [0.15, 0.2) is 5.65 Å². The maximum atomic E-state index is 12.8. The molecule has 1 fully saturated rings. The lowest BCUT2D eigenvalue weighted by atomic mass is 10.1. The summed E-state index contributed by atoms with van der Waals surface area (Å²) in [7, 11) is 0. The molecule has 4 rings (SSSR count). The number of piperidine rings is 1. The van der Waals surface area contributed by atoms with Crippen LogP contribution in [0.1, 0.15) is 19.3 Å². The zero-order valence-electron chi connectivity index (χ0n) is 14.2. The number of rotatable bonds is 3. The minimum absolute atomic E-state index is 0.0935. The smallest absolute Gasteiger partial charge is 0.242 e. The molecule has 1 aliphatic heterocycles. The molecule has 1 aliphatic rings. The SMILES string of the molecule is O=C(Cn1c(-c2ccc(Cl)c(Cl)c2)nc2cccnc21)N1CCCCC1. The fourth-order valence-electron chi connectivity index (χ4n) is 3.34. The summed E-state index contributed by atoms with van der Waals surface area (Å²) < 4.78 is 1.87. The Balaban J connectivity index is 1.76. The number of hydrogen-bond acceptors (Lipinski definition) is 3. The number of benzene rings is 1. The monoisotopic (exact) mass is 388 g/mol. The van der Waals surface area contributed by atoms with E-state index in [0.717, 1.165) is 37.0 Å². The first-order valence-corrected chi connectivity index (χ1v) is 9.43. The van der Waals surface area contributed by atoms with Gasteiger partial charge >= 0.3 is 0 Å². The summed E-state index contributed by atoms with van der Waals surface area (Å²) in [6.45, 7) is 1.85. The number of nitrogens with zero attached hydrogens (tertiary/aromatic N) is 4. The highest BCUT2D eigenvalue weighted by Gasteiger charge is 2.21. The van der Waals surface area contributed by atoms with Gasteiger partial charge in [0.2, 0.25) is 5.91 Å². The number of aromatic nitrogens is 3. The van der Waals surface area contributed by atoms with Crippen LogP contribution in [0.2, 0.25) is 10.0 Å². The van der Waals surface area contributed by atoms with Gasteiger partial charge in [0.1, 0.15) is 17.9 Å². The molecule has 1 amide bonds. The number of hydrogen-bond donors (Lipinski definition) is 0. The Morgan fingerprint density at radius 3 is 2.65 bits per heavy atom. The second-order valence-electron chi connectivity index (χ2n) is 6.44. The molecule has 0 bridgehead atoms. The molecule has 0 saturated carbocycles. The van der Waals surface area contributed by atoms with Crippen molar-refractivity contribution in [3.8, 4) is 11.4 Å². The van der Waals surface area contributed by atoms with E-state index in [1.54, 1.807) is 18.3 Å². The van der Waals surface area contributed by atoms with Crippen LogP contribution in [0.3, 0.4) is 0 Å². The second kappa shape index (κ2) is 7.25. The molecule has 3 heterocycles. The van der Waals surface area contributed by atoms with Crippen molar-refractivity contribution in [1.82, 2.24) is 19.4 Å². The molecule has 0 aliphatic carbocycles. The molecule has 7 heteroatoms. The summed E-state index contributed by atoms with van der Waals surface area (Å²) in [5.74, 6) is 0.763. The fraction of sp³-hybridized carbons (Fsp3) is 0.316. The number of carbonyl (C=O) groups excluding carboxylic acids is 1. The van der Waals surface area contributed by atoms with E-state index in [0.29, 0.717) is 21.5 Å². The van der Waals surface area contributed by atoms with Crippen molar-refractivity contribution < 1.29 is 4.79 Å². The summed E-state index contributed by atoms with van der Waals surface area (Å²) in [5, 5.41) is 0.943. The molecule has 1 saturated heterocycles. The highest BCUT2D eigenvalue weighted by Crippen LogP contribution is 2.30. The third-order valence-electron chi connectivity index (χ3n) is 4.68. The normalized spacial score (nSPS) is 14.8. The first-order chi connectivity index (χ1) is 12.6. The van der Waals surface area contributed by atoms with Gasteiger partial charge in [-0.3, -0.25) is 9.36 Å². The molecule has 2 aromatic heterocycles. The number of imidazole rings is 1. The number of halogens is 2. The summed E-state index contributed by atoms with van der Waals surface area (Å²) in [6.07, 6.45) is 5.03. The van der Waals surface area contributed by atoms with Gasteiger partial charge in [-0.25, -0.2) is 9.97 Å². The van der Waals surface area contributed by atoms with Crippen LogP contribution in [0.15, 0.2) is 36.5 Å². The number of amides is 1. The molecular formula is C19H18Cl2N4O. The molecule has 5 nitrogen and oxygen atoms in total. The molecule has 0 radical (unpaired) electrons. The summed E-state index contributed by atoms with van der Waals surface area (Å²) in [5.41, 5.74) is 2.25. The third kappa shape index (κ3) is 3.29. The van der Waals surface area contributed by atoms with E-state index in [1.165, 1.54) is 6.42 Å². The Morgan fingerprint density at radius 2 is 1.88 bits per heavy atom. The lowest BCUT2D eigenvalue weighted by molar-refractivity contribution is -0.132. The number of likely N-dealkylation sites (tertiary alicyclic amines) is 1. The van der Waals surface area contributed by atoms with Crippen molar-refractivity contribution in [3.05, 3.63) is 46.6 Å². The van der Waals surface area contributed by atoms with Gasteiger partial charge in [0, 0.05) is 24.8 Å². The summed E-state index contributed by atoms with van der Waals surface area (Å²) in [6, 6.07) is 9.10. The van der Waals surface area contributed by atoms with Gasteiger partial charge in [-0.05, 0) is 49.6 Å². The van der Waals surface area contributed by atoms with Crippen LogP contribution in [0.4, 0.5) is 0 Å². The van der Waals surface area contributed by atoms with Gasteiger partial charge in [0.05, 0.1) is 10.0 Å². The first-order valence-electron chi connectivity index (χ1n) is 8.68. The lowest BCUT2D eigenvalue weighted by Crippen LogP contribution is -2.37. The van der Waals surface area contributed by atoms with Crippen LogP contribution < -0.4 is 0 Å². The van der Waals surface area contributed by atoms with Crippen LogP contribution in [-0.4, -0.2) is 38.4 Å². The van der Waals surface area contributed by atoms with Gasteiger partial charge in [-0.2, -0.15) is 0 Å². The molecular weight excluding hydrogens is 371 g/mol. The number of pyridine rings is 1. The van der Waals surface area contributed by atoms with Crippen molar-refractivity contribution >= 4 is 40.3 Å². The minimum atomic E-state index is 0.0935. The van der Waals surface area contributed by atoms with Crippen molar-refractivity contribution in [1.29, 1.82) is 0 Å².